The molecule has 1 saturated heterocycles. The lowest BCUT2D eigenvalue weighted by Gasteiger charge is -2.34. The second-order valence-corrected chi connectivity index (χ2v) is 5.43. The number of piperazine rings is 1. The highest BCUT2D eigenvalue weighted by molar-refractivity contribution is 5.75. The van der Waals surface area contributed by atoms with Gasteiger partial charge in [-0.25, -0.2) is 4.79 Å². The molecule has 0 radical (unpaired) electrons. The van der Waals surface area contributed by atoms with Crippen LogP contribution in [0, 0.1) is 0 Å². The van der Waals surface area contributed by atoms with Gasteiger partial charge in [0.15, 0.2) is 0 Å². The van der Waals surface area contributed by atoms with Gasteiger partial charge < -0.3 is 16.0 Å². The summed E-state index contributed by atoms with van der Waals surface area (Å²) in [6.45, 7) is 5.09. The number of rotatable bonds is 3. The molecule has 1 aliphatic heterocycles. The molecular formula is C14H26N4O. The first-order chi connectivity index (χ1) is 9.29. The Bertz CT molecular complexity index is 313. The molecule has 0 unspecified atom stereocenters. The smallest absolute Gasteiger partial charge is 0.321 e. The predicted octanol–water partition coefficient (Wildman–Crippen LogP) is 1.12. The van der Waals surface area contributed by atoms with Crippen molar-refractivity contribution in [2.45, 2.75) is 32.1 Å². The maximum atomic E-state index is 12.0. The Kier molecular flexibility index (Phi) is 5.66. The summed E-state index contributed by atoms with van der Waals surface area (Å²) in [6.07, 6.45) is 8.08. The molecule has 0 spiro atoms. The highest BCUT2D eigenvalue weighted by atomic mass is 16.2. The van der Waals surface area contributed by atoms with Crippen LogP contribution in [-0.4, -0.2) is 55.1 Å². The minimum Gasteiger partial charge on any atom is -0.329 e. The van der Waals surface area contributed by atoms with Crippen LogP contribution in [0.25, 0.3) is 0 Å². The topological polar surface area (TPSA) is 61.6 Å². The van der Waals surface area contributed by atoms with Crippen molar-refractivity contribution in [1.29, 1.82) is 0 Å². The normalized spacial score (nSPS) is 21.3. The first-order valence-electron chi connectivity index (χ1n) is 7.45. The van der Waals surface area contributed by atoms with E-state index in [-0.39, 0.29) is 6.03 Å². The monoisotopic (exact) mass is 266 g/mol. The van der Waals surface area contributed by atoms with Gasteiger partial charge in [-0.05, 0) is 25.7 Å². The zero-order valence-corrected chi connectivity index (χ0v) is 11.7. The van der Waals surface area contributed by atoms with Gasteiger partial charge in [0, 0.05) is 45.5 Å². The van der Waals surface area contributed by atoms with Gasteiger partial charge in [-0.3, -0.25) is 4.90 Å². The van der Waals surface area contributed by atoms with Crippen LogP contribution >= 0.6 is 0 Å². The highest BCUT2D eigenvalue weighted by Gasteiger charge is 2.19. The fraction of sp³-hybridized carbons (Fsp3) is 0.786. The average molecular weight is 266 g/mol. The Balaban J connectivity index is 1.72. The molecule has 0 aromatic heterocycles. The number of nitrogens with zero attached hydrogens (tertiary/aromatic N) is 2. The largest absolute Gasteiger partial charge is 0.329 e. The SMILES string of the molecule is NCCN1CCN(C(=O)NC=C2CCCCC2)CC1. The number of carbonyl (C=O) groups is 1. The van der Waals surface area contributed by atoms with E-state index in [0.29, 0.717) is 6.54 Å². The summed E-state index contributed by atoms with van der Waals surface area (Å²) >= 11 is 0. The summed E-state index contributed by atoms with van der Waals surface area (Å²) < 4.78 is 0. The number of nitrogens with two attached hydrogens (primary N) is 1. The van der Waals surface area contributed by atoms with Crippen LogP contribution in [0.2, 0.25) is 0 Å². The molecule has 3 N–H and O–H groups in total. The van der Waals surface area contributed by atoms with Crippen LogP contribution in [0.15, 0.2) is 11.8 Å². The minimum absolute atomic E-state index is 0.0467. The second kappa shape index (κ2) is 7.50. The molecule has 1 saturated carbocycles. The summed E-state index contributed by atoms with van der Waals surface area (Å²) in [5, 5.41) is 2.95. The Morgan fingerprint density at radius 2 is 1.84 bits per heavy atom. The molecule has 0 aromatic rings. The average Bonchev–Trinajstić information content (AvgIpc) is 2.47. The van der Waals surface area contributed by atoms with E-state index in [4.69, 9.17) is 5.73 Å². The third kappa shape index (κ3) is 4.51. The van der Waals surface area contributed by atoms with Crippen LogP contribution in [-0.2, 0) is 0 Å². The van der Waals surface area contributed by atoms with E-state index >= 15 is 0 Å². The molecule has 0 bridgehead atoms. The molecule has 5 heteroatoms. The summed E-state index contributed by atoms with van der Waals surface area (Å²) in [4.78, 5) is 16.2. The maximum Gasteiger partial charge on any atom is 0.321 e. The minimum atomic E-state index is 0.0467. The van der Waals surface area contributed by atoms with Crippen LogP contribution < -0.4 is 11.1 Å². The first kappa shape index (κ1) is 14.3. The van der Waals surface area contributed by atoms with Gasteiger partial charge in [0.2, 0.25) is 0 Å². The summed E-state index contributed by atoms with van der Waals surface area (Å²) in [6, 6.07) is 0.0467. The molecule has 2 aliphatic rings. The van der Waals surface area contributed by atoms with Crippen LogP contribution in [0.3, 0.4) is 0 Å². The number of amides is 2. The molecule has 2 rings (SSSR count). The van der Waals surface area contributed by atoms with E-state index < -0.39 is 0 Å². The zero-order valence-electron chi connectivity index (χ0n) is 11.7. The van der Waals surface area contributed by atoms with E-state index in [0.717, 1.165) is 45.6 Å². The quantitative estimate of drug-likeness (QED) is 0.804. The molecule has 1 heterocycles. The van der Waals surface area contributed by atoms with Gasteiger partial charge in [-0.1, -0.05) is 12.0 Å². The fourth-order valence-electron chi connectivity index (χ4n) is 2.76. The Hall–Kier alpha value is -1.07. The molecule has 5 nitrogen and oxygen atoms in total. The number of hydrogen-bond donors (Lipinski definition) is 2. The van der Waals surface area contributed by atoms with Gasteiger partial charge in [-0.15, -0.1) is 0 Å². The third-order valence-electron chi connectivity index (χ3n) is 4.00. The van der Waals surface area contributed by atoms with E-state index in [1.165, 1.54) is 24.8 Å². The van der Waals surface area contributed by atoms with Gasteiger partial charge in [0.05, 0.1) is 0 Å². The highest BCUT2D eigenvalue weighted by Crippen LogP contribution is 2.21. The summed E-state index contributed by atoms with van der Waals surface area (Å²) in [5.74, 6) is 0. The third-order valence-corrected chi connectivity index (χ3v) is 4.00. The lowest BCUT2D eigenvalue weighted by atomic mass is 9.96. The lowest BCUT2D eigenvalue weighted by molar-refractivity contribution is 0.143. The van der Waals surface area contributed by atoms with E-state index in [1.54, 1.807) is 0 Å². The molecule has 108 valence electrons. The summed E-state index contributed by atoms with van der Waals surface area (Å²) in [5.41, 5.74) is 6.93. The molecule has 0 atom stereocenters. The van der Waals surface area contributed by atoms with Gasteiger partial charge in [0.25, 0.3) is 0 Å². The van der Waals surface area contributed by atoms with Crippen molar-refractivity contribution in [3.05, 3.63) is 11.8 Å². The lowest BCUT2D eigenvalue weighted by Crippen LogP contribution is -2.51. The first-order valence-corrected chi connectivity index (χ1v) is 7.45. The van der Waals surface area contributed by atoms with Crippen molar-refractivity contribution >= 4 is 6.03 Å². The van der Waals surface area contributed by atoms with Crippen LogP contribution in [0.4, 0.5) is 4.79 Å². The van der Waals surface area contributed by atoms with Crippen molar-refractivity contribution in [3.8, 4) is 0 Å². The number of hydrogen-bond acceptors (Lipinski definition) is 3. The van der Waals surface area contributed by atoms with Gasteiger partial charge in [0.1, 0.15) is 0 Å². The van der Waals surface area contributed by atoms with Crippen LogP contribution in [0.1, 0.15) is 32.1 Å². The van der Waals surface area contributed by atoms with Crippen LogP contribution in [0.5, 0.6) is 0 Å². The molecule has 19 heavy (non-hydrogen) atoms. The number of urea groups is 1. The van der Waals surface area contributed by atoms with E-state index in [9.17, 15) is 4.79 Å². The second-order valence-electron chi connectivity index (χ2n) is 5.43. The number of carbonyl (C=O) groups excluding carboxylic acids is 1. The van der Waals surface area contributed by atoms with Crippen molar-refractivity contribution in [1.82, 2.24) is 15.1 Å². The Morgan fingerprint density at radius 1 is 1.16 bits per heavy atom. The number of nitrogens with one attached hydrogen (secondary N) is 1. The fourth-order valence-corrected chi connectivity index (χ4v) is 2.76. The van der Waals surface area contributed by atoms with E-state index in [1.807, 2.05) is 11.1 Å². The van der Waals surface area contributed by atoms with Gasteiger partial charge >= 0.3 is 6.03 Å². The molecule has 2 fully saturated rings. The Morgan fingerprint density at radius 3 is 2.47 bits per heavy atom. The molecular weight excluding hydrogens is 240 g/mol. The molecule has 1 aliphatic carbocycles. The van der Waals surface area contributed by atoms with Crippen molar-refractivity contribution in [2.75, 3.05) is 39.3 Å². The standard InChI is InChI=1S/C14H26N4O/c15-6-7-17-8-10-18(11-9-17)14(19)16-12-13-4-2-1-3-5-13/h12H,1-11,15H2,(H,16,19). The number of allylic oxidation sites excluding steroid dienone is 1. The van der Waals surface area contributed by atoms with Crippen molar-refractivity contribution in [3.63, 3.8) is 0 Å². The summed E-state index contributed by atoms with van der Waals surface area (Å²) in [7, 11) is 0. The Labute approximate surface area is 115 Å². The maximum absolute atomic E-state index is 12.0. The van der Waals surface area contributed by atoms with Crippen molar-refractivity contribution < 1.29 is 4.79 Å². The van der Waals surface area contributed by atoms with Crippen molar-refractivity contribution in [2.24, 2.45) is 5.73 Å². The van der Waals surface area contributed by atoms with Gasteiger partial charge in [-0.2, -0.15) is 0 Å². The predicted molar refractivity (Wildman–Crippen MR) is 76.8 cm³/mol. The molecule has 0 aromatic carbocycles. The zero-order chi connectivity index (χ0) is 13.5. The van der Waals surface area contributed by atoms with E-state index in [2.05, 4.69) is 10.2 Å². The molecule has 2 amide bonds.